The average Bonchev–Trinajstić information content (AvgIpc) is 2.65. The lowest BCUT2D eigenvalue weighted by Crippen LogP contribution is -2.07. The van der Waals surface area contributed by atoms with E-state index in [-0.39, 0.29) is 12.4 Å². The molecule has 0 saturated heterocycles. The molecule has 2 rings (SSSR count). The van der Waals surface area contributed by atoms with Crippen molar-refractivity contribution in [3.63, 3.8) is 0 Å². The van der Waals surface area contributed by atoms with E-state index in [1.54, 1.807) is 10.7 Å². The highest BCUT2D eigenvalue weighted by molar-refractivity contribution is 6.31. The van der Waals surface area contributed by atoms with E-state index in [0.29, 0.717) is 11.6 Å². The van der Waals surface area contributed by atoms with Gasteiger partial charge in [0.05, 0.1) is 16.4 Å². The second kappa shape index (κ2) is 5.35. The molecule has 96 valence electrons. The number of ether oxygens (including phenoxy) is 1. The van der Waals surface area contributed by atoms with E-state index < -0.39 is 5.95 Å². The Bertz CT molecular complexity index is 556. The summed E-state index contributed by atoms with van der Waals surface area (Å²) in [5, 5.41) is 4.82. The van der Waals surface area contributed by atoms with Crippen molar-refractivity contribution < 1.29 is 9.13 Å². The van der Waals surface area contributed by atoms with Crippen LogP contribution in [0.25, 0.3) is 0 Å². The van der Waals surface area contributed by atoms with E-state index in [1.165, 1.54) is 12.3 Å². The maximum atomic E-state index is 13.3. The Hall–Kier alpha value is -1.62. The Morgan fingerprint density at radius 1 is 1.50 bits per heavy atom. The molecule has 6 heteroatoms. The summed E-state index contributed by atoms with van der Waals surface area (Å²) in [6.07, 6.45) is 1.37. The summed E-state index contributed by atoms with van der Waals surface area (Å²) in [4.78, 5) is 3.51. The van der Waals surface area contributed by atoms with Crippen molar-refractivity contribution in [2.45, 2.75) is 27.0 Å². The number of aryl methyl sites for hydroxylation is 2. The van der Waals surface area contributed by atoms with Gasteiger partial charge in [-0.2, -0.15) is 9.49 Å². The van der Waals surface area contributed by atoms with Gasteiger partial charge in [-0.05, 0) is 26.0 Å². The maximum absolute atomic E-state index is 13.3. The molecule has 0 aliphatic rings. The molecule has 0 spiro atoms. The molecule has 0 radical (unpaired) electrons. The van der Waals surface area contributed by atoms with Crippen LogP contribution in [0, 0.1) is 12.9 Å². The van der Waals surface area contributed by atoms with Gasteiger partial charge >= 0.3 is 0 Å². The third kappa shape index (κ3) is 2.46. The SMILES string of the molecule is CCn1nc(C)c(Cl)c1COc1cccnc1F. The molecular formula is C12H13ClFN3O. The fraction of sp³-hybridized carbons (Fsp3) is 0.333. The Balaban J connectivity index is 2.18. The first-order valence-electron chi connectivity index (χ1n) is 5.58. The number of aromatic nitrogens is 3. The van der Waals surface area contributed by atoms with Crippen LogP contribution >= 0.6 is 11.6 Å². The highest BCUT2D eigenvalue weighted by Gasteiger charge is 2.14. The summed E-state index contributed by atoms with van der Waals surface area (Å²) in [6, 6.07) is 3.14. The molecule has 0 aliphatic carbocycles. The van der Waals surface area contributed by atoms with Gasteiger partial charge in [-0.25, -0.2) is 4.98 Å². The second-order valence-corrected chi connectivity index (χ2v) is 4.12. The first-order valence-corrected chi connectivity index (χ1v) is 5.96. The van der Waals surface area contributed by atoms with Gasteiger partial charge in [0, 0.05) is 12.7 Å². The number of halogens is 2. The Labute approximate surface area is 109 Å². The summed E-state index contributed by atoms with van der Waals surface area (Å²) < 4.78 is 20.4. The monoisotopic (exact) mass is 269 g/mol. The molecule has 0 aromatic carbocycles. The van der Waals surface area contributed by atoms with Gasteiger partial charge in [0.2, 0.25) is 0 Å². The van der Waals surface area contributed by atoms with Gasteiger partial charge in [0.15, 0.2) is 5.75 Å². The van der Waals surface area contributed by atoms with E-state index in [9.17, 15) is 4.39 Å². The molecule has 4 nitrogen and oxygen atoms in total. The quantitative estimate of drug-likeness (QED) is 0.801. The highest BCUT2D eigenvalue weighted by atomic mass is 35.5. The normalized spacial score (nSPS) is 10.7. The minimum Gasteiger partial charge on any atom is -0.482 e. The molecule has 2 aromatic rings. The second-order valence-electron chi connectivity index (χ2n) is 3.74. The fourth-order valence-electron chi connectivity index (χ4n) is 1.63. The largest absolute Gasteiger partial charge is 0.482 e. The molecule has 0 fully saturated rings. The summed E-state index contributed by atoms with van der Waals surface area (Å²) in [7, 11) is 0. The number of hydrogen-bond donors (Lipinski definition) is 0. The minimum absolute atomic E-state index is 0.107. The molecule has 0 saturated carbocycles. The van der Waals surface area contributed by atoms with E-state index in [2.05, 4.69) is 10.1 Å². The van der Waals surface area contributed by atoms with E-state index in [4.69, 9.17) is 16.3 Å². The van der Waals surface area contributed by atoms with Crippen LogP contribution in [0.15, 0.2) is 18.3 Å². The van der Waals surface area contributed by atoms with Crippen molar-refractivity contribution in [1.29, 1.82) is 0 Å². The first kappa shape index (κ1) is 12.8. The minimum atomic E-state index is -0.632. The lowest BCUT2D eigenvalue weighted by molar-refractivity contribution is 0.274. The molecule has 0 aliphatic heterocycles. The van der Waals surface area contributed by atoms with Gasteiger partial charge in [0.25, 0.3) is 5.95 Å². The van der Waals surface area contributed by atoms with Crippen molar-refractivity contribution in [3.05, 3.63) is 40.7 Å². The lowest BCUT2D eigenvalue weighted by atomic mass is 10.3. The van der Waals surface area contributed by atoms with Gasteiger partial charge in [-0.1, -0.05) is 11.6 Å². The van der Waals surface area contributed by atoms with Gasteiger partial charge < -0.3 is 4.74 Å². The number of hydrogen-bond acceptors (Lipinski definition) is 3. The zero-order valence-electron chi connectivity index (χ0n) is 10.2. The molecule has 18 heavy (non-hydrogen) atoms. The van der Waals surface area contributed by atoms with Crippen LogP contribution in [0.2, 0.25) is 5.02 Å². The zero-order valence-corrected chi connectivity index (χ0v) is 10.9. The standard InChI is InChI=1S/C12H13ClFN3O/c1-3-17-9(11(13)8(2)16-17)7-18-10-5-4-6-15-12(10)14/h4-6H,3,7H2,1-2H3. The molecule has 0 amide bonds. The summed E-state index contributed by atoms with van der Waals surface area (Å²) in [5.41, 5.74) is 1.48. The zero-order chi connectivity index (χ0) is 13.1. The van der Waals surface area contributed by atoms with Crippen LogP contribution in [0.5, 0.6) is 5.75 Å². The molecule has 2 aromatic heterocycles. The highest BCUT2D eigenvalue weighted by Crippen LogP contribution is 2.22. The summed E-state index contributed by atoms with van der Waals surface area (Å²) in [6.45, 7) is 4.62. The topological polar surface area (TPSA) is 39.9 Å². The molecule has 0 bridgehead atoms. The predicted octanol–water partition coefficient (Wildman–Crippen LogP) is 2.98. The predicted molar refractivity (Wildman–Crippen MR) is 66.2 cm³/mol. The number of pyridine rings is 1. The van der Waals surface area contributed by atoms with Crippen LogP contribution < -0.4 is 4.74 Å². The van der Waals surface area contributed by atoms with Crippen LogP contribution in [0.4, 0.5) is 4.39 Å². The number of rotatable bonds is 4. The van der Waals surface area contributed by atoms with Gasteiger partial charge in [0.1, 0.15) is 6.61 Å². The molecule has 0 unspecified atom stereocenters. The lowest BCUT2D eigenvalue weighted by Gasteiger charge is -2.08. The Morgan fingerprint density at radius 3 is 2.94 bits per heavy atom. The third-order valence-corrected chi connectivity index (χ3v) is 3.03. The summed E-state index contributed by atoms with van der Waals surface area (Å²) in [5.74, 6) is -0.525. The molecule has 2 heterocycles. The Kier molecular flexibility index (Phi) is 3.81. The van der Waals surface area contributed by atoms with Crippen LogP contribution in [-0.2, 0) is 13.2 Å². The maximum Gasteiger partial charge on any atom is 0.255 e. The van der Waals surface area contributed by atoms with Crippen molar-refractivity contribution in [2.24, 2.45) is 0 Å². The van der Waals surface area contributed by atoms with Crippen molar-refractivity contribution in [1.82, 2.24) is 14.8 Å². The van der Waals surface area contributed by atoms with E-state index in [1.807, 2.05) is 13.8 Å². The van der Waals surface area contributed by atoms with Crippen molar-refractivity contribution in [2.75, 3.05) is 0 Å². The smallest absolute Gasteiger partial charge is 0.255 e. The van der Waals surface area contributed by atoms with E-state index in [0.717, 1.165) is 11.4 Å². The van der Waals surface area contributed by atoms with Crippen LogP contribution in [0.3, 0.4) is 0 Å². The molecule has 0 N–H and O–H groups in total. The van der Waals surface area contributed by atoms with Crippen LogP contribution in [0.1, 0.15) is 18.3 Å². The fourth-order valence-corrected chi connectivity index (χ4v) is 1.82. The molecule has 0 atom stereocenters. The average molecular weight is 270 g/mol. The van der Waals surface area contributed by atoms with E-state index >= 15 is 0 Å². The van der Waals surface area contributed by atoms with Crippen LogP contribution in [-0.4, -0.2) is 14.8 Å². The van der Waals surface area contributed by atoms with Crippen molar-refractivity contribution >= 4 is 11.6 Å². The first-order chi connectivity index (χ1) is 8.63. The van der Waals surface area contributed by atoms with Crippen molar-refractivity contribution in [3.8, 4) is 5.75 Å². The Morgan fingerprint density at radius 2 is 2.28 bits per heavy atom. The summed E-state index contributed by atoms with van der Waals surface area (Å²) >= 11 is 6.13. The molecular weight excluding hydrogens is 257 g/mol. The van der Waals surface area contributed by atoms with Gasteiger partial charge in [-0.15, -0.1) is 0 Å². The number of nitrogens with zero attached hydrogens (tertiary/aromatic N) is 3. The van der Waals surface area contributed by atoms with Gasteiger partial charge in [-0.3, -0.25) is 4.68 Å². The third-order valence-electron chi connectivity index (χ3n) is 2.54.